The fraction of sp³-hybridized carbons (Fsp3) is 0.429. The number of hydrogen-bond donors (Lipinski definition) is 1. The predicted molar refractivity (Wildman–Crippen MR) is 86.6 cm³/mol. The van der Waals surface area contributed by atoms with E-state index in [1.165, 1.54) is 11.1 Å². The molecule has 8 heteroatoms. The Bertz CT molecular complexity index is 673. The minimum atomic E-state index is -0.554. The van der Waals surface area contributed by atoms with Crippen LogP contribution in [0.1, 0.15) is 21.1 Å². The second-order valence-corrected chi connectivity index (χ2v) is 6.42. The van der Waals surface area contributed by atoms with E-state index in [-0.39, 0.29) is 5.69 Å². The summed E-state index contributed by atoms with van der Waals surface area (Å²) in [5.74, 6) is 0.143. The van der Waals surface area contributed by atoms with Crippen molar-refractivity contribution in [1.29, 1.82) is 0 Å². The number of amides is 1. The van der Waals surface area contributed by atoms with Crippen LogP contribution in [-0.2, 0) is 0 Å². The van der Waals surface area contributed by atoms with Crippen molar-refractivity contribution in [1.82, 2.24) is 15.0 Å². The van der Waals surface area contributed by atoms with E-state index in [2.05, 4.69) is 31.7 Å². The highest BCUT2D eigenvalue weighted by molar-refractivity contribution is 7.15. The van der Waals surface area contributed by atoms with Crippen molar-refractivity contribution < 1.29 is 4.79 Å². The number of aryl methyl sites for hydroxylation is 2. The van der Waals surface area contributed by atoms with Crippen LogP contribution in [0.25, 0.3) is 0 Å². The third kappa shape index (κ3) is 2.87. The van der Waals surface area contributed by atoms with Gasteiger partial charge in [0.25, 0.3) is 5.91 Å². The van der Waals surface area contributed by atoms with E-state index in [0.29, 0.717) is 5.82 Å². The lowest BCUT2D eigenvalue weighted by Crippen LogP contribution is -2.47. The molecule has 0 radical (unpaired) electrons. The van der Waals surface area contributed by atoms with E-state index in [4.69, 9.17) is 5.73 Å². The maximum absolute atomic E-state index is 11.2. The highest BCUT2D eigenvalue weighted by Crippen LogP contribution is 2.26. The van der Waals surface area contributed by atoms with Crippen LogP contribution < -0.4 is 15.5 Å². The molecule has 0 aromatic carbocycles. The molecule has 0 aliphatic carbocycles. The number of nitrogens with two attached hydrogens (primary N) is 1. The average Bonchev–Trinajstić information content (AvgIpc) is 2.87. The monoisotopic (exact) mass is 318 g/mol. The zero-order valence-electron chi connectivity index (χ0n) is 12.6. The van der Waals surface area contributed by atoms with Gasteiger partial charge in [-0.1, -0.05) is 0 Å². The number of aromatic nitrogens is 3. The maximum atomic E-state index is 11.2. The first-order valence-corrected chi connectivity index (χ1v) is 7.92. The van der Waals surface area contributed by atoms with Gasteiger partial charge in [0.2, 0.25) is 0 Å². The van der Waals surface area contributed by atoms with Crippen LogP contribution in [0, 0.1) is 13.8 Å². The lowest BCUT2D eigenvalue weighted by atomic mass is 10.3. The van der Waals surface area contributed by atoms with Crippen molar-refractivity contribution in [2.45, 2.75) is 13.8 Å². The second-order valence-electron chi connectivity index (χ2n) is 5.24. The van der Waals surface area contributed by atoms with Crippen LogP contribution in [0.2, 0.25) is 0 Å². The van der Waals surface area contributed by atoms with Gasteiger partial charge in [-0.2, -0.15) is 0 Å². The fourth-order valence-corrected chi connectivity index (χ4v) is 3.31. The molecule has 3 heterocycles. The van der Waals surface area contributed by atoms with Crippen LogP contribution in [0.5, 0.6) is 0 Å². The van der Waals surface area contributed by atoms with Gasteiger partial charge in [0, 0.05) is 31.1 Å². The van der Waals surface area contributed by atoms with Gasteiger partial charge in [-0.25, -0.2) is 9.97 Å². The molecule has 2 N–H and O–H groups in total. The Balaban J connectivity index is 1.69. The summed E-state index contributed by atoms with van der Waals surface area (Å²) in [6, 6.07) is 0. The summed E-state index contributed by atoms with van der Waals surface area (Å²) in [7, 11) is 0. The van der Waals surface area contributed by atoms with Crippen LogP contribution in [0.4, 0.5) is 10.9 Å². The van der Waals surface area contributed by atoms with Crippen LogP contribution >= 0.6 is 11.3 Å². The number of carbonyl (C=O) groups is 1. The van der Waals surface area contributed by atoms with Crippen molar-refractivity contribution in [3.63, 3.8) is 0 Å². The van der Waals surface area contributed by atoms with Crippen molar-refractivity contribution in [3.8, 4) is 0 Å². The molecule has 22 heavy (non-hydrogen) atoms. The summed E-state index contributed by atoms with van der Waals surface area (Å²) in [4.78, 5) is 29.8. The standard InChI is InChI=1S/C14H18N6OS/c1-9-10(2)22-14(17-9)20-5-3-19(4-6-20)12-8-16-7-11(18-12)13(15)21/h7-8H,3-6H2,1-2H3,(H2,15,21). The Kier molecular flexibility index (Phi) is 3.93. The zero-order chi connectivity index (χ0) is 15.7. The van der Waals surface area contributed by atoms with E-state index < -0.39 is 5.91 Å². The van der Waals surface area contributed by atoms with Crippen LogP contribution in [0.15, 0.2) is 12.4 Å². The molecule has 2 aromatic rings. The molecule has 1 aliphatic heterocycles. The number of piperazine rings is 1. The fourth-order valence-electron chi connectivity index (χ4n) is 2.34. The molecule has 0 unspecified atom stereocenters. The van der Waals surface area contributed by atoms with Gasteiger partial charge in [0.05, 0.1) is 18.1 Å². The Morgan fingerprint density at radius 2 is 1.82 bits per heavy atom. The minimum Gasteiger partial charge on any atom is -0.364 e. The van der Waals surface area contributed by atoms with Crippen molar-refractivity contribution >= 4 is 28.2 Å². The van der Waals surface area contributed by atoms with Crippen molar-refractivity contribution in [2.24, 2.45) is 5.73 Å². The first-order chi connectivity index (χ1) is 10.5. The molecule has 0 spiro atoms. The number of primary amides is 1. The summed E-state index contributed by atoms with van der Waals surface area (Å²) in [5.41, 5.74) is 6.55. The smallest absolute Gasteiger partial charge is 0.268 e. The van der Waals surface area contributed by atoms with Gasteiger partial charge in [0.15, 0.2) is 5.13 Å². The summed E-state index contributed by atoms with van der Waals surface area (Å²) >= 11 is 1.73. The minimum absolute atomic E-state index is 0.200. The molecule has 1 amide bonds. The van der Waals surface area contributed by atoms with Gasteiger partial charge >= 0.3 is 0 Å². The average molecular weight is 318 g/mol. The first-order valence-electron chi connectivity index (χ1n) is 7.10. The predicted octanol–water partition coefficient (Wildman–Crippen LogP) is 0.975. The van der Waals surface area contributed by atoms with E-state index in [0.717, 1.165) is 37.0 Å². The number of carbonyl (C=O) groups excluding carboxylic acids is 1. The van der Waals surface area contributed by atoms with Gasteiger partial charge < -0.3 is 15.5 Å². The van der Waals surface area contributed by atoms with E-state index in [1.54, 1.807) is 17.5 Å². The molecule has 3 rings (SSSR count). The number of anilines is 2. The molecule has 1 fully saturated rings. The topological polar surface area (TPSA) is 88.2 Å². The van der Waals surface area contributed by atoms with Crippen molar-refractivity contribution in [2.75, 3.05) is 36.0 Å². The lowest BCUT2D eigenvalue weighted by molar-refractivity contribution is 0.0995. The molecular weight excluding hydrogens is 300 g/mol. The molecular formula is C14H18N6OS. The molecule has 1 aliphatic rings. The molecule has 2 aromatic heterocycles. The molecule has 0 bridgehead atoms. The zero-order valence-corrected chi connectivity index (χ0v) is 13.4. The quantitative estimate of drug-likeness (QED) is 0.907. The molecule has 0 saturated carbocycles. The largest absolute Gasteiger partial charge is 0.364 e. The van der Waals surface area contributed by atoms with Gasteiger partial charge in [0.1, 0.15) is 11.5 Å². The third-order valence-corrected chi connectivity index (χ3v) is 4.90. The first kappa shape index (κ1) is 14.7. The Labute approximate surface area is 132 Å². The van der Waals surface area contributed by atoms with Gasteiger partial charge in [-0.05, 0) is 13.8 Å². The third-order valence-electron chi connectivity index (χ3n) is 3.77. The van der Waals surface area contributed by atoms with Crippen molar-refractivity contribution in [3.05, 3.63) is 28.7 Å². The summed E-state index contributed by atoms with van der Waals surface area (Å²) in [5, 5.41) is 1.08. The van der Waals surface area contributed by atoms with E-state index in [1.807, 2.05) is 6.92 Å². The Morgan fingerprint density at radius 3 is 2.41 bits per heavy atom. The highest BCUT2D eigenvalue weighted by Gasteiger charge is 2.21. The number of rotatable bonds is 3. The number of nitrogens with zero attached hydrogens (tertiary/aromatic N) is 5. The highest BCUT2D eigenvalue weighted by atomic mass is 32.1. The Hall–Kier alpha value is -2.22. The molecule has 7 nitrogen and oxygen atoms in total. The molecule has 1 saturated heterocycles. The van der Waals surface area contributed by atoms with Crippen LogP contribution in [0.3, 0.4) is 0 Å². The van der Waals surface area contributed by atoms with Crippen LogP contribution in [-0.4, -0.2) is 47.0 Å². The summed E-state index contributed by atoms with van der Waals surface area (Å²) in [6.07, 6.45) is 3.06. The maximum Gasteiger partial charge on any atom is 0.268 e. The second kappa shape index (κ2) is 5.88. The lowest BCUT2D eigenvalue weighted by Gasteiger charge is -2.35. The van der Waals surface area contributed by atoms with Gasteiger partial charge in [-0.15, -0.1) is 11.3 Å². The molecule has 0 atom stereocenters. The number of thiazole rings is 1. The van der Waals surface area contributed by atoms with E-state index >= 15 is 0 Å². The van der Waals surface area contributed by atoms with Gasteiger partial charge in [-0.3, -0.25) is 9.78 Å². The summed E-state index contributed by atoms with van der Waals surface area (Å²) in [6.45, 7) is 7.50. The molecule has 116 valence electrons. The SMILES string of the molecule is Cc1nc(N2CCN(c3cncc(C(N)=O)n3)CC2)sc1C. The summed E-state index contributed by atoms with van der Waals surface area (Å²) < 4.78 is 0. The number of hydrogen-bond acceptors (Lipinski definition) is 7. The normalized spacial score (nSPS) is 15.2. The van der Waals surface area contributed by atoms with E-state index in [9.17, 15) is 4.79 Å². The Morgan fingerprint density at radius 1 is 1.14 bits per heavy atom.